The van der Waals surface area contributed by atoms with Gasteiger partial charge >= 0.3 is 0 Å². The molecule has 1 N–H and O–H groups in total. The van der Waals surface area contributed by atoms with Gasteiger partial charge in [-0.2, -0.15) is 0 Å². The highest BCUT2D eigenvalue weighted by Gasteiger charge is 2.22. The zero-order valence-electron chi connectivity index (χ0n) is 16.8. The van der Waals surface area contributed by atoms with Gasteiger partial charge in [0.15, 0.2) is 0 Å². The number of anilines is 2. The first-order chi connectivity index (χ1) is 14.3. The summed E-state index contributed by atoms with van der Waals surface area (Å²) in [5.74, 6) is 2.02. The number of thiophene rings is 1. The lowest BCUT2D eigenvalue weighted by molar-refractivity contribution is 0.199. The Hall–Kier alpha value is -2.57. The first kappa shape index (κ1) is 19.7. The van der Waals surface area contributed by atoms with Crippen LogP contribution in [-0.4, -0.2) is 44.8 Å². The van der Waals surface area contributed by atoms with E-state index in [1.807, 2.05) is 25.4 Å². The Bertz CT molecular complexity index is 864. The predicted molar refractivity (Wildman–Crippen MR) is 121 cm³/mol. The van der Waals surface area contributed by atoms with Crippen molar-refractivity contribution in [2.24, 2.45) is 0 Å². The van der Waals surface area contributed by atoms with Crippen LogP contribution in [0.25, 0.3) is 0 Å². The van der Waals surface area contributed by atoms with Gasteiger partial charge in [0.05, 0.1) is 5.69 Å². The third kappa shape index (κ3) is 4.89. The van der Waals surface area contributed by atoms with Crippen molar-refractivity contribution in [2.45, 2.75) is 12.5 Å². The SMILES string of the molecule is CNCCC(Oc1ccccc1N1CCN(c2ccccn2)CC1)c1cccs1. The minimum Gasteiger partial charge on any atom is -0.483 e. The lowest BCUT2D eigenvalue weighted by Crippen LogP contribution is -2.47. The summed E-state index contributed by atoms with van der Waals surface area (Å²) in [6, 6.07) is 18.8. The third-order valence-electron chi connectivity index (χ3n) is 5.25. The van der Waals surface area contributed by atoms with E-state index in [9.17, 15) is 0 Å². The fourth-order valence-electron chi connectivity index (χ4n) is 3.70. The second-order valence-corrected chi connectivity index (χ2v) is 8.12. The molecule has 0 saturated carbocycles. The summed E-state index contributed by atoms with van der Waals surface area (Å²) in [7, 11) is 1.99. The smallest absolute Gasteiger partial charge is 0.143 e. The molecule has 2 aromatic heterocycles. The van der Waals surface area contributed by atoms with Crippen LogP contribution < -0.4 is 19.9 Å². The molecule has 0 radical (unpaired) electrons. The maximum Gasteiger partial charge on any atom is 0.143 e. The van der Waals surface area contributed by atoms with E-state index in [4.69, 9.17) is 4.74 Å². The van der Waals surface area contributed by atoms with Crippen LogP contribution in [0.5, 0.6) is 5.75 Å². The van der Waals surface area contributed by atoms with E-state index in [1.165, 1.54) is 10.6 Å². The molecule has 1 saturated heterocycles. The summed E-state index contributed by atoms with van der Waals surface area (Å²) in [4.78, 5) is 10.5. The number of piperazine rings is 1. The van der Waals surface area contributed by atoms with E-state index in [2.05, 4.69) is 67.9 Å². The zero-order chi connectivity index (χ0) is 19.9. The van der Waals surface area contributed by atoms with E-state index in [1.54, 1.807) is 11.3 Å². The Morgan fingerprint density at radius 3 is 2.52 bits per heavy atom. The molecule has 1 fully saturated rings. The van der Waals surface area contributed by atoms with Crippen molar-refractivity contribution >= 4 is 22.8 Å². The Labute approximate surface area is 177 Å². The van der Waals surface area contributed by atoms with E-state index >= 15 is 0 Å². The molecule has 0 aliphatic carbocycles. The molecule has 3 aromatic rings. The van der Waals surface area contributed by atoms with Gasteiger partial charge in [-0.1, -0.05) is 24.3 Å². The van der Waals surface area contributed by atoms with Crippen LogP contribution in [0.2, 0.25) is 0 Å². The Kier molecular flexibility index (Phi) is 6.64. The molecule has 1 unspecified atom stereocenters. The van der Waals surface area contributed by atoms with Gasteiger partial charge in [-0.3, -0.25) is 0 Å². The van der Waals surface area contributed by atoms with Crippen LogP contribution in [-0.2, 0) is 0 Å². The number of nitrogens with zero attached hydrogens (tertiary/aromatic N) is 3. The number of aromatic nitrogens is 1. The summed E-state index contributed by atoms with van der Waals surface area (Å²) in [5.41, 5.74) is 1.18. The van der Waals surface area contributed by atoms with Crippen LogP contribution in [0, 0.1) is 0 Å². The van der Waals surface area contributed by atoms with Crippen molar-refractivity contribution < 1.29 is 4.74 Å². The molecule has 5 nitrogen and oxygen atoms in total. The first-order valence-corrected chi connectivity index (χ1v) is 11.1. The van der Waals surface area contributed by atoms with Crippen molar-refractivity contribution in [3.63, 3.8) is 0 Å². The first-order valence-electron chi connectivity index (χ1n) is 10.2. The lowest BCUT2D eigenvalue weighted by Gasteiger charge is -2.37. The highest BCUT2D eigenvalue weighted by Crippen LogP contribution is 2.35. The number of nitrogens with one attached hydrogen (secondary N) is 1. The van der Waals surface area contributed by atoms with Gasteiger partial charge in [0.2, 0.25) is 0 Å². The molecule has 1 aromatic carbocycles. The molecule has 1 aliphatic heterocycles. The lowest BCUT2D eigenvalue weighted by atomic mass is 10.2. The Balaban J connectivity index is 1.47. The van der Waals surface area contributed by atoms with E-state index in [-0.39, 0.29) is 6.10 Å². The number of hydrogen-bond donors (Lipinski definition) is 1. The molecule has 6 heteroatoms. The third-order valence-corrected chi connectivity index (χ3v) is 6.21. The van der Waals surface area contributed by atoms with Crippen molar-refractivity contribution in [3.8, 4) is 5.75 Å². The van der Waals surface area contributed by atoms with E-state index in [0.29, 0.717) is 0 Å². The average Bonchev–Trinajstić information content (AvgIpc) is 3.32. The maximum atomic E-state index is 6.56. The van der Waals surface area contributed by atoms with Crippen LogP contribution in [0.3, 0.4) is 0 Å². The zero-order valence-corrected chi connectivity index (χ0v) is 17.6. The molecule has 152 valence electrons. The van der Waals surface area contributed by atoms with Crippen LogP contribution >= 0.6 is 11.3 Å². The summed E-state index contributed by atoms with van der Waals surface area (Å²) in [6.45, 7) is 4.75. The van der Waals surface area contributed by atoms with Gasteiger partial charge in [-0.25, -0.2) is 4.98 Å². The number of rotatable bonds is 8. The number of hydrogen-bond acceptors (Lipinski definition) is 6. The molecular formula is C23H28N4OS. The molecule has 29 heavy (non-hydrogen) atoms. The second kappa shape index (κ2) is 9.76. The molecule has 1 aliphatic rings. The van der Waals surface area contributed by atoms with E-state index in [0.717, 1.165) is 50.7 Å². The minimum absolute atomic E-state index is 0.0680. The summed E-state index contributed by atoms with van der Waals surface area (Å²) >= 11 is 1.76. The van der Waals surface area contributed by atoms with Crippen LogP contribution in [0.4, 0.5) is 11.5 Å². The molecule has 1 atom stereocenters. The van der Waals surface area contributed by atoms with Gasteiger partial charge in [0.1, 0.15) is 17.7 Å². The van der Waals surface area contributed by atoms with Crippen LogP contribution in [0.1, 0.15) is 17.4 Å². The normalized spacial score (nSPS) is 15.3. The molecule has 0 amide bonds. The highest BCUT2D eigenvalue weighted by atomic mass is 32.1. The quantitative estimate of drug-likeness (QED) is 0.605. The average molecular weight is 409 g/mol. The Morgan fingerprint density at radius 2 is 1.79 bits per heavy atom. The van der Waals surface area contributed by atoms with Crippen molar-refractivity contribution in [1.29, 1.82) is 0 Å². The van der Waals surface area contributed by atoms with Crippen LogP contribution in [0.15, 0.2) is 66.2 Å². The highest BCUT2D eigenvalue weighted by molar-refractivity contribution is 7.10. The summed E-state index contributed by atoms with van der Waals surface area (Å²) < 4.78 is 6.56. The van der Waals surface area contributed by atoms with Crippen molar-refractivity contribution in [1.82, 2.24) is 10.3 Å². The standard InChI is InChI=1S/C23H28N4OS/c1-24-13-11-21(22-9-6-18-29-22)28-20-8-3-2-7-19(20)26-14-16-27(17-15-26)23-10-4-5-12-25-23/h2-10,12,18,21,24H,11,13-17H2,1H3. The molecule has 0 spiro atoms. The second-order valence-electron chi connectivity index (χ2n) is 7.14. The van der Waals surface area contributed by atoms with Crippen molar-refractivity contribution in [3.05, 3.63) is 71.1 Å². The molecule has 0 bridgehead atoms. The topological polar surface area (TPSA) is 40.6 Å². The number of ether oxygens (including phenoxy) is 1. The summed E-state index contributed by atoms with van der Waals surface area (Å²) in [5, 5.41) is 5.37. The molecular weight excluding hydrogens is 380 g/mol. The number of pyridine rings is 1. The minimum atomic E-state index is 0.0680. The summed E-state index contributed by atoms with van der Waals surface area (Å²) in [6.07, 6.45) is 2.87. The largest absolute Gasteiger partial charge is 0.483 e. The number of para-hydroxylation sites is 2. The Morgan fingerprint density at radius 1 is 1.00 bits per heavy atom. The molecule has 4 rings (SSSR count). The van der Waals surface area contributed by atoms with Gasteiger partial charge < -0.3 is 19.9 Å². The van der Waals surface area contributed by atoms with Gasteiger partial charge in [-0.05, 0) is 49.3 Å². The fraction of sp³-hybridized carbons (Fsp3) is 0.348. The van der Waals surface area contributed by atoms with E-state index < -0.39 is 0 Å². The van der Waals surface area contributed by atoms with Gasteiger partial charge in [0.25, 0.3) is 0 Å². The maximum absolute atomic E-state index is 6.56. The fourth-order valence-corrected chi connectivity index (χ4v) is 4.49. The van der Waals surface area contributed by atoms with Gasteiger partial charge in [-0.15, -0.1) is 11.3 Å². The number of benzene rings is 1. The predicted octanol–water partition coefficient (Wildman–Crippen LogP) is 4.20. The molecule has 3 heterocycles. The monoisotopic (exact) mass is 408 g/mol. The van der Waals surface area contributed by atoms with Crippen molar-refractivity contribution in [2.75, 3.05) is 49.6 Å². The van der Waals surface area contributed by atoms with Gasteiger partial charge in [0, 0.05) is 43.7 Å².